The molecule has 0 saturated carbocycles. The molecule has 0 fully saturated rings. The molecule has 1 amide bonds. The van der Waals surface area contributed by atoms with E-state index in [2.05, 4.69) is 10.6 Å². The molecule has 0 aliphatic rings. The fraction of sp³-hybridized carbons (Fsp3) is 0.500. The maximum absolute atomic E-state index is 12.5. The van der Waals surface area contributed by atoms with Crippen LogP contribution in [0, 0.1) is 0 Å². The molecule has 0 aliphatic heterocycles. The molecular weight excluding hydrogens is 290 g/mol. The Morgan fingerprint density at radius 2 is 1.81 bits per heavy atom. The van der Waals surface area contributed by atoms with Gasteiger partial charge in [0, 0.05) is 19.6 Å². The number of benzene rings is 1. The van der Waals surface area contributed by atoms with Gasteiger partial charge in [0.2, 0.25) is 15.9 Å². The lowest BCUT2D eigenvalue weighted by Gasteiger charge is -2.20. The fourth-order valence-corrected chi connectivity index (χ4v) is 3.26. The first-order valence-electron chi connectivity index (χ1n) is 6.84. The molecule has 0 spiro atoms. The van der Waals surface area contributed by atoms with Gasteiger partial charge in [-0.1, -0.05) is 19.1 Å². The van der Waals surface area contributed by atoms with E-state index in [1.165, 1.54) is 7.05 Å². The average Bonchev–Trinajstić information content (AvgIpc) is 2.51. The van der Waals surface area contributed by atoms with Gasteiger partial charge in [-0.2, -0.15) is 4.31 Å². The highest BCUT2D eigenvalue weighted by Crippen LogP contribution is 2.19. The predicted molar refractivity (Wildman–Crippen MR) is 82.4 cm³/mol. The average molecular weight is 313 g/mol. The van der Waals surface area contributed by atoms with Crippen LogP contribution in [0.4, 0.5) is 0 Å². The number of nitrogens with one attached hydrogen (secondary N) is 2. The van der Waals surface area contributed by atoms with Gasteiger partial charge in [-0.3, -0.25) is 4.79 Å². The molecule has 1 rings (SSSR count). The van der Waals surface area contributed by atoms with Crippen molar-refractivity contribution in [3.8, 4) is 0 Å². The summed E-state index contributed by atoms with van der Waals surface area (Å²) in [7, 11) is -0.326. The summed E-state index contributed by atoms with van der Waals surface area (Å²) in [6, 6.07) is 6.86. The Balaban J connectivity index is 3.03. The van der Waals surface area contributed by atoms with E-state index in [1.807, 2.05) is 14.0 Å². The van der Waals surface area contributed by atoms with E-state index in [1.54, 1.807) is 31.2 Å². The number of rotatable bonds is 7. The number of hydrogen-bond donors (Lipinski definition) is 2. The molecule has 2 N–H and O–H groups in total. The molecule has 0 saturated heterocycles. The van der Waals surface area contributed by atoms with E-state index in [-0.39, 0.29) is 29.9 Å². The zero-order valence-corrected chi connectivity index (χ0v) is 13.7. The van der Waals surface area contributed by atoms with Crippen molar-refractivity contribution < 1.29 is 13.2 Å². The molecule has 0 aliphatic carbocycles. The molecule has 6 nitrogen and oxygen atoms in total. The van der Waals surface area contributed by atoms with Crippen molar-refractivity contribution in [3.63, 3.8) is 0 Å². The molecule has 21 heavy (non-hydrogen) atoms. The Kier molecular flexibility index (Phi) is 6.32. The van der Waals surface area contributed by atoms with Crippen LogP contribution in [0.3, 0.4) is 0 Å². The highest BCUT2D eigenvalue weighted by molar-refractivity contribution is 7.89. The van der Waals surface area contributed by atoms with Crippen LogP contribution in [0.15, 0.2) is 29.2 Å². The van der Waals surface area contributed by atoms with Crippen molar-refractivity contribution in [3.05, 3.63) is 29.8 Å². The molecule has 118 valence electrons. The van der Waals surface area contributed by atoms with E-state index in [4.69, 9.17) is 0 Å². The van der Waals surface area contributed by atoms with Crippen LogP contribution in [0.25, 0.3) is 0 Å². The monoisotopic (exact) mass is 313 g/mol. The number of carbonyl (C=O) groups is 1. The summed E-state index contributed by atoms with van der Waals surface area (Å²) in [5.74, 6) is -0.333. The van der Waals surface area contributed by atoms with Crippen LogP contribution in [0.1, 0.15) is 25.5 Å². The van der Waals surface area contributed by atoms with Crippen LogP contribution in [-0.2, 0) is 14.8 Å². The van der Waals surface area contributed by atoms with Gasteiger partial charge in [-0.05, 0) is 31.7 Å². The Morgan fingerprint density at radius 3 is 2.24 bits per heavy atom. The third-order valence-corrected chi connectivity index (χ3v) is 5.34. The molecule has 1 aromatic rings. The lowest BCUT2D eigenvalue weighted by atomic mass is 10.1. The third kappa shape index (κ3) is 4.26. The topological polar surface area (TPSA) is 78.5 Å². The minimum atomic E-state index is -3.65. The Labute approximate surface area is 126 Å². The molecule has 1 atom stereocenters. The normalized spacial score (nSPS) is 13.2. The highest BCUT2D eigenvalue weighted by Gasteiger charge is 2.24. The second-order valence-electron chi connectivity index (χ2n) is 4.68. The molecular formula is C14H23N3O3S. The Bertz CT molecular complexity index is 570. The number of sulfonamides is 1. The van der Waals surface area contributed by atoms with Crippen molar-refractivity contribution in [1.29, 1.82) is 0 Å². The van der Waals surface area contributed by atoms with Gasteiger partial charge in [0.25, 0.3) is 0 Å². The summed E-state index contributed by atoms with van der Waals surface area (Å²) in [5, 5.41) is 5.53. The van der Waals surface area contributed by atoms with E-state index in [0.717, 1.165) is 9.87 Å². The summed E-state index contributed by atoms with van der Waals surface area (Å²) < 4.78 is 26.1. The lowest BCUT2D eigenvalue weighted by Crippen LogP contribution is -2.39. The van der Waals surface area contributed by atoms with Gasteiger partial charge in [0.05, 0.1) is 11.4 Å². The molecule has 1 aromatic carbocycles. The quantitative estimate of drug-likeness (QED) is 0.777. The second-order valence-corrected chi connectivity index (χ2v) is 6.62. The minimum absolute atomic E-state index is 0.148. The Morgan fingerprint density at radius 1 is 1.24 bits per heavy atom. The fourth-order valence-electron chi connectivity index (χ4n) is 1.85. The van der Waals surface area contributed by atoms with Gasteiger partial charge >= 0.3 is 0 Å². The van der Waals surface area contributed by atoms with Crippen LogP contribution in [0.5, 0.6) is 0 Å². The van der Waals surface area contributed by atoms with Crippen LogP contribution in [0.2, 0.25) is 0 Å². The molecule has 0 heterocycles. The maximum Gasteiger partial charge on any atom is 0.243 e. The molecule has 0 radical (unpaired) electrons. The molecule has 7 heteroatoms. The zero-order chi connectivity index (χ0) is 16.0. The number of likely N-dealkylation sites (N-methyl/N-ethyl adjacent to an activating group) is 2. The van der Waals surface area contributed by atoms with Gasteiger partial charge < -0.3 is 10.6 Å². The highest BCUT2D eigenvalue weighted by atomic mass is 32.2. The first-order chi connectivity index (χ1) is 9.86. The van der Waals surface area contributed by atoms with Crippen LogP contribution < -0.4 is 10.6 Å². The summed E-state index contributed by atoms with van der Waals surface area (Å²) >= 11 is 0. The van der Waals surface area contributed by atoms with Crippen LogP contribution in [-0.4, -0.2) is 45.8 Å². The minimum Gasteiger partial charge on any atom is -0.358 e. The van der Waals surface area contributed by atoms with Gasteiger partial charge in [0.15, 0.2) is 0 Å². The third-order valence-electron chi connectivity index (χ3n) is 3.40. The first kappa shape index (κ1) is 17.6. The Hall–Kier alpha value is -1.44. The molecule has 1 unspecified atom stereocenters. The summed E-state index contributed by atoms with van der Waals surface area (Å²) in [5.41, 5.74) is 1.01. The van der Waals surface area contributed by atoms with E-state index in [9.17, 15) is 13.2 Å². The SMILES string of the molecule is CCN(CC(=O)NC)S(=O)(=O)c1ccc(C(C)NC)cc1. The van der Waals surface area contributed by atoms with Gasteiger partial charge in [0.1, 0.15) is 0 Å². The van der Waals surface area contributed by atoms with E-state index in [0.29, 0.717) is 0 Å². The van der Waals surface area contributed by atoms with Crippen molar-refractivity contribution in [1.82, 2.24) is 14.9 Å². The van der Waals surface area contributed by atoms with Crippen LogP contribution >= 0.6 is 0 Å². The standard InChI is InChI=1S/C14H23N3O3S/c1-5-17(10-14(18)16-4)21(19,20)13-8-6-12(7-9-13)11(2)15-3/h6-9,11,15H,5,10H2,1-4H3,(H,16,18). The van der Waals surface area contributed by atoms with E-state index < -0.39 is 10.0 Å². The number of amides is 1. The number of carbonyl (C=O) groups excluding carboxylic acids is 1. The van der Waals surface area contributed by atoms with Crippen molar-refractivity contribution in [2.75, 3.05) is 27.2 Å². The second kappa shape index (κ2) is 7.53. The summed E-state index contributed by atoms with van der Waals surface area (Å²) in [6.07, 6.45) is 0. The molecule has 0 bridgehead atoms. The summed E-state index contributed by atoms with van der Waals surface area (Å²) in [6.45, 7) is 3.76. The van der Waals surface area contributed by atoms with Gasteiger partial charge in [-0.15, -0.1) is 0 Å². The largest absolute Gasteiger partial charge is 0.358 e. The number of nitrogens with zero attached hydrogens (tertiary/aromatic N) is 1. The lowest BCUT2D eigenvalue weighted by molar-refractivity contribution is -0.120. The van der Waals surface area contributed by atoms with Crippen molar-refractivity contribution in [2.45, 2.75) is 24.8 Å². The number of hydrogen-bond acceptors (Lipinski definition) is 4. The van der Waals surface area contributed by atoms with Gasteiger partial charge in [-0.25, -0.2) is 8.42 Å². The maximum atomic E-state index is 12.5. The first-order valence-corrected chi connectivity index (χ1v) is 8.28. The predicted octanol–water partition coefficient (Wildman–Crippen LogP) is 0.724. The van der Waals surface area contributed by atoms with Crippen molar-refractivity contribution in [2.24, 2.45) is 0 Å². The zero-order valence-electron chi connectivity index (χ0n) is 12.9. The summed E-state index contributed by atoms with van der Waals surface area (Å²) in [4.78, 5) is 11.6. The van der Waals surface area contributed by atoms with E-state index >= 15 is 0 Å². The smallest absolute Gasteiger partial charge is 0.243 e. The molecule has 0 aromatic heterocycles. The van der Waals surface area contributed by atoms with Crippen molar-refractivity contribution >= 4 is 15.9 Å².